The van der Waals surface area contributed by atoms with Crippen LogP contribution in [-0.4, -0.2) is 74.6 Å². The molecule has 2 saturated carbocycles. The zero-order valence-electron chi connectivity index (χ0n) is 18.7. The molecule has 0 radical (unpaired) electrons. The Kier molecular flexibility index (Phi) is 9.36. The maximum Gasteiger partial charge on any atom is 0.0608 e. The van der Waals surface area contributed by atoms with E-state index >= 15 is 0 Å². The molecule has 1 heterocycles. The van der Waals surface area contributed by atoms with Crippen LogP contribution in [0, 0.1) is 28.2 Å². The standard InChI is InChI=1S/C21H38ClN5O4/c1-14-9-15(2)12-25(11-14)13-20(16-3-5-17(22)6-4-16)24-23-19-8-7-18(26(28)29)10-21(19)27(30)31/h14-19,21,23,28,30H,3-13H2,1-2H3/q-2. The summed E-state index contributed by atoms with van der Waals surface area (Å²) in [6, 6.07) is -1.90. The lowest BCUT2D eigenvalue weighted by molar-refractivity contribution is -0.137. The first-order chi connectivity index (χ1) is 14.7. The summed E-state index contributed by atoms with van der Waals surface area (Å²) in [5, 5.41) is 46.6. The largest absolute Gasteiger partial charge is 0.762 e. The van der Waals surface area contributed by atoms with Gasteiger partial charge in [-0.2, -0.15) is 5.10 Å². The van der Waals surface area contributed by atoms with E-state index in [2.05, 4.69) is 24.2 Å². The van der Waals surface area contributed by atoms with Gasteiger partial charge in [-0.25, -0.2) is 0 Å². The minimum atomic E-state index is -0.832. The Balaban J connectivity index is 1.70. The highest BCUT2D eigenvalue weighted by Gasteiger charge is 2.33. The Morgan fingerprint density at radius 1 is 1.00 bits per heavy atom. The SMILES string of the molecule is CC1CC(C)CN(CC(=NNC2CCC(N([O-])O)CC2N([O-])O)C2CCC(Cl)CC2)C1. The highest BCUT2D eigenvalue weighted by molar-refractivity contribution is 6.20. The minimum absolute atomic E-state index is 0.0844. The molecule has 0 aromatic heterocycles. The number of hydrogen-bond donors (Lipinski definition) is 3. The molecule has 0 bridgehead atoms. The van der Waals surface area contributed by atoms with E-state index in [1.54, 1.807) is 0 Å². The number of rotatable bonds is 7. The van der Waals surface area contributed by atoms with Gasteiger partial charge in [0.15, 0.2) is 0 Å². The quantitative estimate of drug-likeness (QED) is 0.301. The van der Waals surface area contributed by atoms with Gasteiger partial charge in [0.2, 0.25) is 0 Å². The van der Waals surface area contributed by atoms with Crippen LogP contribution in [0.1, 0.15) is 65.2 Å². The van der Waals surface area contributed by atoms with Crippen LogP contribution in [0.4, 0.5) is 0 Å². The smallest absolute Gasteiger partial charge is 0.0608 e. The van der Waals surface area contributed by atoms with Crippen molar-refractivity contribution in [2.45, 2.75) is 88.7 Å². The Labute approximate surface area is 190 Å². The van der Waals surface area contributed by atoms with Gasteiger partial charge in [0.25, 0.3) is 0 Å². The van der Waals surface area contributed by atoms with Crippen LogP contribution in [-0.2, 0) is 0 Å². The Morgan fingerprint density at radius 3 is 2.23 bits per heavy atom. The first-order valence-corrected chi connectivity index (χ1v) is 12.2. The zero-order chi connectivity index (χ0) is 22.5. The monoisotopic (exact) mass is 459 g/mol. The van der Waals surface area contributed by atoms with Crippen LogP contribution in [0.5, 0.6) is 0 Å². The third-order valence-corrected chi connectivity index (χ3v) is 7.65. The molecule has 3 N–H and O–H groups in total. The van der Waals surface area contributed by atoms with Crippen molar-refractivity contribution in [2.75, 3.05) is 19.6 Å². The van der Waals surface area contributed by atoms with E-state index in [0.717, 1.165) is 51.0 Å². The van der Waals surface area contributed by atoms with Gasteiger partial charge in [-0.15, -0.1) is 11.6 Å². The first-order valence-electron chi connectivity index (χ1n) is 11.7. The fourth-order valence-electron chi connectivity index (χ4n) is 5.68. The number of halogens is 1. The summed E-state index contributed by atoms with van der Waals surface area (Å²) in [6.07, 6.45) is 6.21. The third-order valence-electron chi connectivity index (χ3n) is 7.22. The minimum Gasteiger partial charge on any atom is -0.762 e. The molecule has 5 atom stereocenters. The van der Waals surface area contributed by atoms with Crippen LogP contribution in [0.25, 0.3) is 0 Å². The summed E-state index contributed by atoms with van der Waals surface area (Å²) in [6.45, 7) is 7.50. The molecule has 3 rings (SSSR count). The molecular formula is C21H38ClN5O4-2. The highest BCUT2D eigenvalue weighted by atomic mass is 35.5. The van der Waals surface area contributed by atoms with Gasteiger partial charge in [0.05, 0.1) is 11.8 Å². The van der Waals surface area contributed by atoms with E-state index in [1.807, 2.05) is 0 Å². The molecule has 31 heavy (non-hydrogen) atoms. The van der Waals surface area contributed by atoms with Crippen molar-refractivity contribution in [3.8, 4) is 0 Å². The fourth-order valence-corrected chi connectivity index (χ4v) is 5.93. The summed E-state index contributed by atoms with van der Waals surface area (Å²) in [5.41, 5.74) is 4.25. The molecule has 1 aliphatic heterocycles. The predicted octanol–water partition coefficient (Wildman–Crippen LogP) is 3.38. The molecule has 1 saturated heterocycles. The molecule has 9 nitrogen and oxygen atoms in total. The summed E-state index contributed by atoms with van der Waals surface area (Å²) in [4.78, 5) is 2.48. The second-order valence-corrected chi connectivity index (χ2v) is 10.7. The topological polar surface area (TPSA) is 121 Å². The van der Waals surface area contributed by atoms with Crippen LogP contribution < -0.4 is 5.43 Å². The van der Waals surface area contributed by atoms with Crippen molar-refractivity contribution in [1.82, 2.24) is 20.8 Å². The third kappa shape index (κ3) is 7.23. The van der Waals surface area contributed by atoms with E-state index in [1.165, 1.54) is 6.42 Å². The van der Waals surface area contributed by atoms with Gasteiger partial charge in [-0.05, 0) is 63.2 Å². The van der Waals surface area contributed by atoms with Crippen molar-refractivity contribution in [3.63, 3.8) is 0 Å². The normalized spacial score (nSPS) is 38.6. The second kappa shape index (κ2) is 11.6. The van der Waals surface area contributed by atoms with Gasteiger partial charge < -0.3 is 26.3 Å². The Morgan fingerprint density at radius 2 is 1.65 bits per heavy atom. The first kappa shape index (κ1) is 25.1. The van der Waals surface area contributed by atoms with Gasteiger partial charge in [0.1, 0.15) is 0 Å². The lowest BCUT2D eigenvalue weighted by Gasteiger charge is -2.45. The van der Waals surface area contributed by atoms with Crippen molar-refractivity contribution in [2.24, 2.45) is 22.9 Å². The van der Waals surface area contributed by atoms with Crippen molar-refractivity contribution >= 4 is 17.3 Å². The lowest BCUT2D eigenvalue weighted by Crippen LogP contribution is -2.53. The maximum absolute atomic E-state index is 11.7. The zero-order valence-corrected chi connectivity index (χ0v) is 19.5. The van der Waals surface area contributed by atoms with E-state index in [9.17, 15) is 20.8 Å². The van der Waals surface area contributed by atoms with Crippen LogP contribution >= 0.6 is 11.6 Å². The number of hydrazone groups is 1. The van der Waals surface area contributed by atoms with Gasteiger partial charge in [0, 0.05) is 43.0 Å². The second-order valence-electron chi connectivity index (χ2n) is 10.1. The molecule has 3 aliphatic rings. The molecule has 0 amide bonds. The number of hydrogen-bond acceptors (Lipinski definition) is 9. The molecule has 0 aromatic carbocycles. The molecule has 5 unspecified atom stereocenters. The molecule has 0 spiro atoms. The highest BCUT2D eigenvalue weighted by Crippen LogP contribution is 2.30. The van der Waals surface area contributed by atoms with Crippen LogP contribution in [0.2, 0.25) is 0 Å². The summed E-state index contributed by atoms with van der Waals surface area (Å²) in [7, 11) is 0. The maximum atomic E-state index is 11.7. The van der Waals surface area contributed by atoms with Crippen molar-refractivity contribution in [1.29, 1.82) is 0 Å². The Bertz CT molecular complexity index is 578. The number of nitrogens with zero attached hydrogens (tertiary/aromatic N) is 4. The van der Waals surface area contributed by atoms with Crippen molar-refractivity contribution < 1.29 is 10.4 Å². The van der Waals surface area contributed by atoms with E-state index in [0.29, 0.717) is 30.6 Å². The average Bonchev–Trinajstić information content (AvgIpc) is 2.70. The number of nitrogens with one attached hydrogen (secondary N) is 1. The summed E-state index contributed by atoms with van der Waals surface area (Å²) in [5.74, 6) is 1.68. The van der Waals surface area contributed by atoms with E-state index in [-0.39, 0.29) is 28.3 Å². The van der Waals surface area contributed by atoms with Gasteiger partial charge >= 0.3 is 0 Å². The fraction of sp³-hybridized carbons (Fsp3) is 0.952. The van der Waals surface area contributed by atoms with E-state index < -0.39 is 12.1 Å². The van der Waals surface area contributed by atoms with Crippen LogP contribution in [0.15, 0.2) is 5.10 Å². The summed E-state index contributed by atoms with van der Waals surface area (Å²) < 4.78 is 0. The lowest BCUT2D eigenvalue weighted by atomic mass is 9.84. The summed E-state index contributed by atoms with van der Waals surface area (Å²) >= 11 is 6.32. The number of likely N-dealkylation sites (tertiary alicyclic amines) is 1. The van der Waals surface area contributed by atoms with Crippen molar-refractivity contribution in [3.05, 3.63) is 10.4 Å². The molecule has 0 aromatic rings. The number of piperidine rings is 1. The number of alkyl halides is 1. The molecule has 10 heteroatoms. The molecular weight excluding hydrogens is 422 g/mol. The van der Waals surface area contributed by atoms with E-state index in [4.69, 9.17) is 16.7 Å². The Hall–Kier alpha value is -0.520. The van der Waals surface area contributed by atoms with Gasteiger partial charge in [-0.3, -0.25) is 15.4 Å². The number of hydroxylamine groups is 4. The molecule has 3 fully saturated rings. The molecule has 2 aliphatic carbocycles. The van der Waals surface area contributed by atoms with Crippen LogP contribution in [0.3, 0.4) is 0 Å². The molecule has 180 valence electrons. The average molecular weight is 460 g/mol. The predicted molar refractivity (Wildman–Crippen MR) is 121 cm³/mol. The van der Waals surface area contributed by atoms with Gasteiger partial charge in [-0.1, -0.05) is 13.8 Å².